The fraction of sp³-hybridized carbons (Fsp3) is 0.889. The van der Waals surface area contributed by atoms with E-state index in [-0.39, 0.29) is 5.41 Å². The molecule has 0 unspecified atom stereocenters. The van der Waals surface area contributed by atoms with Crippen LogP contribution in [0.3, 0.4) is 0 Å². The molecule has 0 radical (unpaired) electrons. The summed E-state index contributed by atoms with van der Waals surface area (Å²) in [5.41, 5.74) is 0.148. The molecule has 12 heavy (non-hydrogen) atoms. The monoisotopic (exact) mass is 174 g/mol. The van der Waals surface area contributed by atoms with E-state index in [2.05, 4.69) is 25.5 Å². The summed E-state index contributed by atoms with van der Waals surface area (Å²) in [5, 5.41) is 9.21. The second kappa shape index (κ2) is 4.45. The average Bonchev–Trinajstić information content (AvgIpc) is 1.97. The molecular weight excluding hydrogens is 156 g/mol. The van der Waals surface area contributed by atoms with Gasteiger partial charge in [-0.05, 0) is 18.3 Å². The summed E-state index contributed by atoms with van der Waals surface area (Å²) < 4.78 is 4.39. The van der Waals surface area contributed by atoms with E-state index in [1.807, 2.05) is 0 Å². The number of rotatable bonds is 3. The number of aliphatic hydroxyl groups is 1. The van der Waals surface area contributed by atoms with Crippen molar-refractivity contribution in [2.24, 2.45) is 5.41 Å². The first kappa shape index (κ1) is 11.4. The van der Waals surface area contributed by atoms with Gasteiger partial charge in [0.05, 0.1) is 7.11 Å². The van der Waals surface area contributed by atoms with Crippen molar-refractivity contribution in [1.82, 2.24) is 0 Å². The van der Waals surface area contributed by atoms with Gasteiger partial charge in [-0.2, -0.15) is 0 Å². The molecule has 0 aromatic heterocycles. The van der Waals surface area contributed by atoms with Crippen molar-refractivity contribution in [2.75, 3.05) is 7.11 Å². The van der Waals surface area contributed by atoms with Crippen LogP contribution in [-0.4, -0.2) is 24.3 Å². The molecule has 0 aliphatic carbocycles. The Morgan fingerprint density at radius 3 is 2.33 bits per heavy atom. The van der Waals surface area contributed by atoms with Crippen LogP contribution in [0, 0.1) is 5.41 Å². The Kier molecular flexibility index (Phi) is 4.24. The molecule has 0 aliphatic heterocycles. The third-order valence-corrected chi connectivity index (χ3v) is 1.64. The Morgan fingerprint density at radius 2 is 2.00 bits per heavy atom. The molecule has 1 atom stereocenters. The van der Waals surface area contributed by atoms with Gasteiger partial charge in [0.15, 0.2) is 6.10 Å². The molecule has 0 rings (SSSR count). The zero-order chi connectivity index (χ0) is 9.78. The van der Waals surface area contributed by atoms with Crippen molar-refractivity contribution in [3.63, 3.8) is 0 Å². The Labute approximate surface area is 73.7 Å². The summed E-state index contributed by atoms with van der Waals surface area (Å²) in [5.74, 6) is -0.542. The van der Waals surface area contributed by atoms with E-state index in [0.29, 0.717) is 6.42 Å². The zero-order valence-corrected chi connectivity index (χ0v) is 8.26. The number of carbonyl (C=O) groups is 1. The maximum Gasteiger partial charge on any atom is 0.334 e. The van der Waals surface area contributed by atoms with Gasteiger partial charge < -0.3 is 9.84 Å². The minimum Gasteiger partial charge on any atom is -0.467 e. The Bertz CT molecular complexity index is 146. The van der Waals surface area contributed by atoms with Gasteiger partial charge in [0.2, 0.25) is 0 Å². The maximum absolute atomic E-state index is 10.8. The van der Waals surface area contributed by atoms with Crippen LogP contribution in [0.25, 0.3) is 0 Å². The second-order valence-electron chi connectivity index (χ2n) is 4.14. The summed E-state index contributed by atoms with van der Waals surface area (Å²) in [6.07, 6.45) is 0.314. The van der Waals surface area contributed by atoms with Crippen LogP contribution in [0.15, 0.2) is 0 Å². The van der Waals surface area contributed by atoms with Crippen molar-refractivity contribution in [3.05, 3.63) is 0 Å². The van der Waals surface area contributed by atoms with E-state index in [4.69, 9.17) is 0 Å². The molecular formula is C9H18O3. The molecule has 0 aliphatic rings. The van der Waals surface area contributed by atoms with Crippen LogP contribution in [0.4, 0.5) is 0 Å². The smallest absolute Gasteiger partial charge is 0.334 e. The molecule has 0 fully saturated rings. The van der Waals surface area contributed by atoms with Crippen molar-refractivity contribution >= 4 is 5.97 Å². The fourth-order valence-electron chi connectivity index (χ4n) is 0.824. The topological polar surface area (TPSA) is 46.5 Å². The van der Waals surface area contributed by atoms with Crippen LogP contribution in [0.2, 0.25) is 0 Å². The van der Waals surface area contributed by atoms with Gasteiger partial charge in [0.25, 0.3) is 0 Å². The minimum absolute atomic E-state index is 0.148. The predicted octanol–water partition coefficient (Wildman–Crippen LogP) is 1.35. The molecule has 3 nitrogen and oxygen atoms in total. The van der Waals surface area contributed by atoms with Crippen molar-refractivity contribution in [1.29, 1.82) is 0 Å². The molecule has 0 saturated heterocycles. The average molecular weight is 174 g/mol. The minimum atomic E-state index is -0.964. The summed E-state index contributed by atoms with van der Waals surface area (Å²) in [6.45, 7) is 6.20. The highest BCUT2D eigenvalue weighted by atomic mass is 16.5. The van der Waals surface area contributed by atoms with Crippen LogP contribution in [0.1, 0.15) is 33.6 Å². The number of aliphatic hydroxyl groups excluding tert-OH is 1. The molecule has 0 bridgehead atoms. The summed E-state index contributed by atoms with van der Waals surface area (Å²) in [6, 6.07) is 0. The highest BCUT2D eigenvalue weighted by molar-refractivity contribution is 5.74. The number of hydrogen-bond acceptors (Lipinski definition) is 3. The highest BCUT2D eigenvalue weighted by Gasteiger charge is 2.18. The predicted molar refractivity (Wildman–Crippen MR) is 46.7 cm³/mol. The largest absolute Gasteiger partial charge is 0.467 e. The first-order chi connectivity index (χ1) is 5.37. The van der Waals surface area contributed by atoms with Crippen LogP contribution in [-0.2, 0) is 9.53 Å². The normalized spacial score (nSPS) is 14.1. The highest BCUT2D eigenvalue weighted by Crippen LogP contribution is 2.21. The third kappa shape index (κ3) is 5.13. The van der Waals surface area contributed by atoms with Crippen molar-refractivity contribution < 1.29 is 14.6 Å². The van der Waals surface area contributed by atoms with Gasteiger partial charge in [-0.3, -0.25) is 0 Å². The summed E-state index contributed by atoms with van der Waals surface area (Å²) in [7, 11) is 1.28. The number of hydrogen-bond donors (Lipinski definition) is 1. The lowest BCUT2D eigenvalue weighted by Gasteiger charge is -2.19. The van der Waals surface area contributed by atoms with Gasteiger partial charge in [0.1, 0.15) is 0 Å². The summed E-state index contributed by atoms with van der Waals surface area (Å²) in [4.78, 5) is 10.8. The van der Waals surface area contributed by atoms with Crippen LogP contribution >= 0.6 is 0 Å². The third-order valence-electron chi connectivity index (χ3n) is 1.64. The van der Waals surface area contributed by atoms with E-state index < -0.39 is 12.1 Å². The Morgan fingerprint density at radius 1 is 1.50 bits per heavy atom. The molecule has 1 N–H and O–H groups in total. The zero-order valence-electron chi connectivity index (χ0n) is 8.26. The van der Waals surface area contributed by atoms with E-state index >= 15 is 0 Å². The van der Waals surface area contributed by atoms with Crippen LogP contribution in [0.5, 0.6) is 0 Å². The van der Waals surface area contributed by atoms with E-state index in [1.54, 1.807) is 0 Å². The molecule has 0 saturated carbocycles. The fourth-order valence-corrected chi connectivity index (χ4v) is 0.824. The van der Waals surface area contributed by atoms with Gasteiger partial charge in [-0.25, -0.2) is 4.79 Å². The van der Waals surface area contributed by atoms with Crippen LogP contribution < -0.4 is 0 Å². The number of esters is 1. The number of ether oxygens (including phenoxy) is 1. The molecule has 0 aromatic rings. The van der Waals surface area contributed by atoms with Crippen molar-refractivity contribution in [2.45, 2.75) is 39.7 Å². The Hall–Kier alpha value is -0.570. The lowest BCUT2D eigenvalue weighted by Crippen LogP contribution is -2.23. The van der Waals surface area contributed by atoms with Gasteiger partial charge in [-0.15, -0.1) is 0 Å². The molecule has 0 amide bonds. The van der Waals surface area contributed by atoms with E-state index in [0.717, 1.165) is 6.42 Å². The lowest BCUT2D eigenvalue weighted by atomic mass is 9.89. The Balaban J connectivity index is 3.72. The van der Waals surface area contributed by atoms with Gasteiger partial charge in [-0.1, -0.05) is 20.8 Å². The standard InChI is InChI=1S/C9H18O3/c1-9(2,3)6-5-7(10)8(11)12-4/h7,10H,5-6H2,1-4H3/t7-/m0/s1. The SMILES string of the molecule is COC(=O)[C@@H](O)CCC(C)(C)C. The molecule has 0 aromatic carbocycles. The molecule has 72 valence electrons. The maximum atomic E-state index is 10.8. The second-order valence-corrected chi connectivity index (χ2v) is 4.14. The molecule has 0 spiro atoms. The van der Waals surface area contributed by atoms with Gasteiger partial charge in [0, 0.05) is 0 Å². The van der Waals surface area contributed by atoms with Crippen molar-refractivity contribution in [3.8, 4) is 0 Å². The first-order valence-corrected chi connectivity index (χ1v) is 4.13. The number of carbonyl (C=O) groups excluding carboxylic acids is 1. The van der Waals surface area contributed by atoms with Gasteiger partial charge >= 0.3 is 5.97 Å². The van der Waals surface area contributed by atoms with E-state index in [9.17, 15) is 9.90 Å². The quantitative estimate of drug-likeness (QED) is 0.657. The molecule has 3 heteroatoms. The molecule has 0 heterocycles. The van der Waals surface area contributed by atoms with E-state index in [1.165, 1.54) is 7.11 Å². The lowest BCUT2D eigenvalue weighted by molar-refractivity contribution is -0.150. The first-order valence-electron chi connectivity index (χ1n) is 4.13. The summed E-state index contributed by atoms with van der Waals surface area (Å²) >= 11 is 0. The number of methoxy groups -OCH3 is 1.